The third-order valence-electron chi connectivity index (χ3n) is 7.63. The molecular weight excluding hydrogens is 491 g/mol. The van der Waals surface area contributed by atoms with Crippen LogP contribution >= 0.6 is 0 Å². The molecule has 0 radical (unpaired) electrons. The SMILES string of the molecule is CCCCCCCCCCCCCCCCCCC(CCCCCCCCCCC)COS(=O)(=O)[O-].[Na+]. The summed E-state index contributed by atoms with van der Waals surface area (Å²) in [5, 5.41) is 0. The van der Waals surface area contributed by atoms with Crippen LogP contribution in [0.15, 0.2) is 0 Å². The Morgan fingerprint density at radius 1 is 0.486 bits per heavy atom. The average Bonchev–Trinajstić information content (AvgIpc) is 2.84. The zero-order chi connectivity index (χ0) is 26.6. The molecule has 0 aliphatic rings. The van der Waals surface area contributed by atoms with E-state index in [1.807, 2.05) is 0 Å². The molecule has 6 heteroatoms. The molecule has 0 saturated heterocycles. The number of hydrogen-bond donors (Lipinski definition) is 0. The molecule has 0 aromatic rings. The van der Waals surface area contributed by atoms with Gasteiger partial charge in [0.2, 0.25) is 10.4 Å². The molecule has 0 saturated carbocycles. The van der Waals surface area contributed by atoms with E-state index in [0.29, 0.717) is 0 Å². The second-order valence-electron chi connectivity index (χ2n) is 11.3. The van der Waals surface area contributed by atoms with Gasteiger partial charge in [0.25, 0.3) is 0 Å². The van der Waals surface area contributed by atoms with Gasteiger partial charge in [0, 0.05) is 0 Å². The number of hydrogen-bond acceptors (Lipinski definition) is 4. The smallest absolute Gasteiger partial charge is 0.726 e. The summed E-state index contributed by atoms with van der Waals surface area (Å²) < 4.78 is 37.3. The zero-order valence-electron chi connectivity index (χ0n) is 25.4. The largest absolute Gasteiger partial charge is 1.00 e. The number of unbranched alkanes of at least 4 members (excludes halogenated alkanes) is 23. The van der Waals surface area contributed by atoms with E-state index in [-0.39, 0.29) is 42.1 Å². The van der Waals surface area contributed by atoms with Crippen LogP contribution in [-0.2, 0) is 14.6 Å². The van der Waals surface area contributed by atoms with Crippen molar-refractivity contribution in [2.45, 2.75) is 187 Å². The van der Waals surface area contributed by atoms with Crippen molar-refractivity contribution < 1.29 is 46.7 Å². The van der Waals surface area contributed by atoms with Crippen LogP contribution in [0.1, 0.15) is 187 Å². The van der Waals surface area contributed by atoms with Crippen molar-refractivity contribution in [3.63, 3.8) is 0 Å². The fourth-order valence-electron chi connectivity index (χ4n) is 5.22. The van der Waals surface area contributed by atoms with Crippen LogP contribution in [0.25, 0.3) is 0 Å². The van der Waals surface area contributed by atoms with E-state index >= 15 is 0 Å². The molecule has 218 valence electrons. The van der Waals surface area contributed by atoms with E-state index in [1.54, 1.807) is 0 Å². The first-order chi connectivity index (χ1) is 17.5. The van der Waals surface area contributed by atoms with Crippen LogP contribution in [0.2, 0.25) is 0 Å². The molecule has 0 amide bonds. The number of rotatable bonds is 30. The van der Waals surface area contributed by atoms with Gasteiger partial charge in [-0.3, -0.25) is 4.18 Å². The summed E-state index contributed by atoms with van der Waals surface area (Å²) in [6, 6.07) is 0. The summed E-state index contributed by atoms with van der Waals surface area (Å²) in [4.78, 5) is 0. The topological polar surface area (TPSA) is 66.4 Å². The predicted molar refractivity (Wildman–Crippen MR) is 155 cm³/mol. The van der Waals surface area contributed by atoms with Crippen LogP contribution in [0.5, 0.6) is 0 Å². The molecule has 0 N–H and O–H groups in total. The first kappa shape index (κ1) is 40.0. The molecule has 0 aliphatic carbocycles. The van der Waals surface area contributed by atoms with E-state index in [4.69, 9.17) is 0 Å². The molecule has 1 unspecified atom stereocenters. The Hall–Kier alpha value is 0.870. The molecule has 4 nitrogen and oxygen atoms in total. The van der Waals surface area contributed by atoms with Gasteiger partial charge in [0.1, 0.15) is 0 Å². The molecule has 37 heavy (non-hydrogen) atoms. The molecular formula is C31H63NaO4S. The summed E-state index contributed by atoms with van der Waals surface area (Å²) in [6.45, 7) is 4.60. The minimum absolute atomic E-state index is 0. The molecule has 0 aromatic heterocycles. The van der Waals surface area contributed by atoms with Crippen molar-refractivity contribution in [1.29, 1.82) is 0 Å². The van der Waals surface area contributed by atoms with Gasteiger partial charge in [-0.25, -0.2) is 8.42 Å². The Bertz CT molecular complexity index is 527. The van der Waals surface area contributed by atoms with Crippen LogP contribution in [0, 0.1) is 5.92 Å². The van der Waals surface area contributed by atoms with Gasteiger partial charge in [0.15, 0.2) is 0 Å². The fourth-order valence-corrected chi connectivity index (χ4v) is 5.57. The van der Waals surface area contributed by atoms with Gasteiger partial charge in [-0.15, -0.1) is 0 Å². The molecule has 1 atom stereocenters. The van der Waals surface area contributed by atoms with Crippen molar-refractivity contribution in [1.82, 2.24) is 0 Å². The molecule has 0 aromatic carbocycles. The van der Waals surface area contributed by atoms with Gasteiger partial charge in [0.05, 0.1) is 6.61 Å². The van der Waals surface area contributed by atoms with Gasteiger partial charge in [-0.1, -0.05) is 174 Å². The molecule has 0 fully saturated rings. The molecule has 0 spiro atoms. The quantitative estimate of drug-likeness (QED) is 0.0396. The van der Waals surface area contributed by atoms with Crippen molar-refractivity contribution in [2.75, 3.05) is 6.61 Å². The maximum Gasteiger partial charge on any atom is 1.00 e. The molecule has 0 rings (SSSR count). The van der Waals surface area contributed by atoms with E-state index in [1.165, 1.54) is 148 Å². The minimum Gasteiger partial charge on any atom is -0.726 e. The Morgan fingerprint density at radius 2 is 0.730 bits per heavy atom. The Labute approximate surface area is 255 Å². The van der Waals surface area contributed by atoms with Crippen LogP contribution in [0.4, 0.5) is 0 Å². The van der Waals surface area contributed by atoms with Gasteiger partial charge in [-0.2, -0.15) is 0 Å². The van der Waals surface area contributed by atoms with Crippen molar-refractivity contribution in [2.24, 2.45) is 5.92 Å². The Morgan fingerprint density at radius 3 is 0.973 bits per heavy atom. The van der Waals surface area contributed by atoms with Crippen molar-refractivity contribution in [3.05, 3.63) is 0 Å². The summed E-state index contributed by atoms with van der Waals surface area (Å²) in [5.41, 5.74) is 0. The third kappa shape index (κ3) is 34.8. The summed E-state index contributed by atoms with van der Waals surface area (Å²) in [6.07, 6.45) is 35.2. The third-order valence-corrected chi connectivity index (χ3v) is 8.05. The van der Waals surface area contributed by atoms with E-state index in [0.717, 1.165) is 25.7 Å². The van der Waals surface area contributed by atoms with E-state index < -0.39 is 10.4 Å². The monoisotopic (exact) mass is 554 g/mol. The molecule has 0 heterocycles. The fraction of sp³-hybridized carbons (Fsp3) is 1.00. The first-order valence-corrected chi connectivity index (χ1v) is 17.4. The summed E-state index contributed by atoms with van der Waals surface area (Å²) in [7, 11) is -4.58. The van der Waals surface area contributed by atoms with Crippen LogP contribution in [0.3, 0.4) is 0 Å². The van der Waals surface area contributed by atoms with Crippen molar-refractivity contribution in [3.8, 4) is 0 Å². The van der Waals surface area contributed by atoms with Gasteiger partial charge < -0.3 is 4.55 Å². The maximum absolute atomic E-state index is 10.9. The molecule has 0 aliphatic heterocycles. The standard InChI is InChI=1S/C31H64O4S.Na/c1-3-5-7-9-11-13-14-15-16-17-18-19-21-23-25-27-29-31(30-35-36(32,33)34)28-26-24-22-20-12-10-8-6-4-2;/h31H,3-30H2,1-2H3,(H,32,33,34);/q;+1/p-1. The second-order valence-corrected chi connectivity index (χ2v) is 12.3. The first-order valence-electron chi connectivity index (χ1n) is 16.1. The van der Waals surface area contributed by atoms with E-state index in [2.05, 4.69) is 18.0 Å². The maximum atomic E-state index is 10.9. The predicted octanol–water partition coefficient (Wildman–Crippen LogP) is 7.66. The normalized spacial score (nSPS) is 12.5. The second kappa shape index (κ2) is 31.4. The van der Waals surface area contributed by atoms with Crippen molar-refractivity contribution >= 4 is 10.4 Å². The minimum atomic E-state index is -4.58. The molecule has 0 bridgehead atoms. The summed E-state index contributed by atoms with van der Waals surface area (Å²) in [5.74, 6) is 0.199. The van der Waals surface area contributed by atoms with Crippen LogP contribution < -0.4 is 29.6 Å². The van der Waals surface area contributed by atoms with Gasteiger partial charge >= 0.3 is 29.6 Å². The average molecular weight is 555 g/mol. The Balaban J connectivity index is 0. The zero-order valence-corrected chi connectivity index (χ0v) is 28.2. The van der Waals surface area contributed by atoms with E-state index in [9.17, 15) is 13.0 Å². The van der Waals surface area contributed by atoms with Gasteiger partial charge in [-0.05, 0) is 18.8 Å². The summed E-state index contributed by atoms with van der Waals surface area (Å²) >= 11 is 0. The van der Waals surface area contributed by atoms with Crippen LogP contribution in [-0.4, -0.2) is 19.6 Å². The Kier molecular flexibility index (Phi) is 34.0.